The summed E-state index contributed by atoms with van der Waals surface area (Å²) in [4.78, 5) is 0. The normalized spacial score (nSPS) is 10.1. The van der Waals surface area contributed by atoms with Crippen LogP contribution in [-0.4, -0.2) is 17.3 Å². The van der Waals surface area contributed by atoms with Crippen molar-refractivity contribution in [3.8, 4) is 11.8 Å². The molecule has 0 amide bonds. The third-order valence-corrected chi connectivity index (χ3v) is 1.98. The van der Waals surface area contributed by atoms with Crippen LogP contribution < -0.4 is 4.74 Å². The lowest BCUT2D eigenvalue weighted by Gasteiger charge is -2.02. The van der Waals surface area contributed by atoms with Gasteiger partial charge in [0.05, 0.1) is 18.8 Å². The maximum atomic E-state index is 13.5. The predicted octanol–water partition coefficient (Wildman–Crippen LogP) is 1.58. The first-order valence-corrected chi connectivity index (χ1v) is 3.87. The molecule has 4 nitrogen and oxygen atoms in total. The third kappa shape index (κ3) is 1.01. The molecule has 0 unspecified atom stereocenters. The summed E-state index contributed by atoms with van der Waals surface area (Å²) in [6, 6.07) is 3.25. The Bertz CT molecular complexity index is 527. The van der Waals surface area contributed by atoms with E-state index in [9.17, 15) is 4.39 Å². The van der Waals surface area contributed by atoms with Gasteiger partial charge in [0, 0.05) is 11.5 Å². The molecule has 0 aliphatic carbocycles. The molecule has 1 aromatic heterocycles. The van der Waals surface area contributed by atoms with Crippen LogP contribution in [0.5, 0.6) is 5.75 Å². The van der Waals surface area contributed by atoms with Gasteiger partial charge in [0.25, 0.3) is 0 Å². The summed E-state index contributed by atoms with van der Waals surface area (Å²) in [6.45, 7) is 0. The Kier molecular flexibility index (Phi) is 1.82. The van der Waals surface area contributed by atoms with Crippen LogP contribution in [-0.2, 0) is 0 Å². The minimum atomic E-state index is -0.649. The van der Waals surface area contributed by atoms with Crippen molar-refractivity contribution in [1.82, 2.24) is 10.2 Å². The standard InChI is InChI=1S/C9H6FN3O/c1-14-8-2-7-6(4-12-13-7)5(3-11)9(8)10/h2,4H,1H3,(H,12,13). The maximum absolute atomic E-state index is 13.5. The van der Waals surface area contributed by atoms with Gasteiger partial charge in [-0.15, -0.1) is 0 Å². The Morgan fingerprint density at radius 1 is 1.64 bits per heavy atom. The fourth-order valence-electron chi connectivity index (χ4n) is 1.30. The highest BCUT2D eigenvalue weighted by Crippen LogP contribution is 2.27. The van der Waals surface area contributed by atoms with E-state index in [2.05, 4.69) is 10.2 Å². The van der Waals surface area contributed by atoms with E-state index in [1.807, 2.05) is 0 Å². The largest absolute Gasteiger partial charge is 0.494 e. The SMILES string of the molecule is COc1cc2[nH]ncc2c(C#N)c1F. The molecule has 0 aliphatic heterocycles. The first-order chi connectivity index (χ1) is 6.77. The van der Waals surface area contributed by atoms with Crippen LogP contribution in [0.1, 0.15) is 5.56 Å². The third-order valence-electron chi connectivity index (χ3n) is 1.98. The monoisotopic (exact) mass is 191 g/mol. The molecule has 2 aromatic rings. The first-order valence-electron chi connectivity index (χ1n) is 3.87. The molecule has 0 fully saturated rings. The van der Waals surface area contributed by atoms with Crippen LogP contribution in [0.2, 0.25) is 0 Å². The number of methoxy groups -OCH3 is 1. The minimum absolute atomic E-state index is 0.0401. The van der Waals surface area contributed by atoms with Gasteiger partial charge in [0.1, 0.15) is 11.6 Å². The number of aromatic amines is 1. The highest BCUT2D eigenvalue weighted by molar-refractivity contribution is 5.86. The molecule has 0 spiro atoms. The van der Waals surface area contributed by atoms with Crippen LogP contribution in [0.3, 0.4) is 0 Å². The number of nitrogens with zero attached hydrogens (tertiary/aromatic N) is 2. The molecule has 70 valence electrons. The van der Waals surface area contributed by atoms with Crippen molar-refractivity contribution in [3.05, 3.63) is 23.6 Å². The van der Waals surface area contributed by atoms with Crippen molar-refractivity contribution in [1.29, 1.82) is 5.26 Å². The second kappa shape index (κ2) is 3.00. The quantitative estimate of drug-likeness (QED) is 0.744. The van der Waals surface area contributed by atoms with E-state index in [1.54, 1.807) is 6.07 Å². The van der Waals surface area contributed by atoms with Crippen LogP contribution in [0, 0.1) is 17.1 Å². The summed E-state index contributed by atoms with van der Waals surface area (Å²) in [6.07, 6.45) is 1.41. The molecule has 14 heavy (non-hydrogen) atoms. The van der Waals surface area contributed by atoms with Crippen molar-refractivity contribution in [3.63, 3.8) is 0 Å². The lowest BCUT2D eigenvalue weighted by molar-refractivity contribution is 0.387. The molecule has 0 atom stereocenters. The number of aromatic nitrogens is 2. The number of ether oxygens (including phenoxy) is 1. The average molecular weight is 191 g/mol. The van der Waals surface area contributed by atoms with Gasteiger partial charge in [-0.3, -0.25) is 5.10 Å². The summed E-state index contributed by atoms with van der Waals surface area (Å²) in [7, 11) is 1.35. The molecule has 5 heteroatoms. The second-order valence-electron chi connectivity index (χ2n) is 2.71. The fourth-order valence-corrected chi connectivity index (χ4v) is 1.30. The van der Waals surface area contributed by atoms with Gasteiger partial charge in [-0.05, 0) is 0 Å². The van der Waals surface area contributed by atoms with Gasteiger partial charge in [-0.25, -0.2) is 4.39 Å². The smallest absolute Gasteiger partial charge is 0.183 e. The molecule has 2 rings (SSSR count). The molecule has 0 bridgehead atoms. The lowest BCUT2D eigenvalue weighted by Crippen LogP contribution is -1.92. The Balaban J connectivity index is 2.89. The highest BCUT2D eigenvalue weighted by atomic mass is 19.1. The number of halogens is 1. The summed E-state index contributed by atoms with van der Waals surface area (Å²) >= 11 is 0. The van der Waals surface area contributed by atoms with Gasteiger partial charge in [-0.1, -0.05) is 0 Å². The van der Waals surface area contributed by atoms with Gasteiger partial charge >= 0.3 is 0 Å². The molecular weight excluding hydrogens is 185 g/mol. The van der Waals surface area contributed by atoms with Gasteiger partial charge < -0.3 is 4.74 Å². The molecule has 1 N–H and O–H groups in total. The Hall–Kier alpha value is -2.09. The van der Waals surface area contributed by atoms with Crippen molar-refractivity contribution in [2.24, 2.45) is 0 Å². The summed E-state index contributed by atoms with van der Waals surface area (Å²) < 4.78 is 18.3. The topological polar surface area (TPSA) is 61.7 Å². The average Bonchev–Trinajstić information content (AvgIpc) is 2.64. The van der Waals surface area contributed by atoms with Gasteiger partial charge in [0.2, 0.25) is 0 Å². The highest BCUT2D eigenvalue weighted by Gasteiger charge is 2.14. The van der Waals surface area contributed by atoms with Crippen LogP contribution in [0.15, 0.2) is 12.3 Å². The number of H-pyrrole nitrogens is 1. The molecule has 1 aromatic carbocycles. The summed E-state index contributed by atoms with van der Waals surface area (Å²) in [5.41, 5.74) is 0.535. The lowest BCUT2D eigenvalue weighted by atomic mass is 10.1. The van der Waals surface area contributed by atoms with Crippen molar-refractivity contribution >= 4 is 10.9 Å². The molecule has 0 radical (unpaired) electrons. The molecule has 1 heterocycles. The Morgan fingerprint density at radius 3 is 3.07 bits per heavy atom. The van der Waals surface area contributed by atoms with Gasteiger partial charge in [-0.2, -0.15) is 10.4 Å². The van der Waals surface area contributed by atoms with E-state index < -0.39 is 5.82 Å². The van der Waals surface area contributed by atoms with E-state index in [0.717, 1.165) is 0 Å². The van der Waals surface area contributed by atoms with Crippen LogP contribution >= 0.6 is 0 Å². The number of benzene rings is 1. The molecular formula is C9H6FN3O. The zero-order chi connectivity index (χ0) is 10.1. The van der Waals surface area contributed by atoms with E-state index in [-0.39, 0.29) is 11.3 Å². The fraction of sp³-hybridized carbons (Fsp3) is 0.111. The maximum Gasteiger partial charge on any atom is 0.183 e. The van der Waals surface area contributed by atoms with Crippen molar-refractivity contribution in [2.45, 2.75) is 0 Å². The molecule has 0 saturated carbocycles. The molecule has 0 aliphatic rings. The van der Waals surface area contributed by atoms with Crippen LogP contribution in [0.25, 0.3) is 10.9 Å². The zero-order valence-electron chi connectivity index (χ0n) is 7.34. The van der Waals surface area contributed by atoms with E-state index in [0.29, 0.717) is 10.9 Å². The number of nitriles is 1. The van der Waals surface area contributed by atoms with E-state index in [1.165, 1.54) is 19.4 Å². The number of nitrogens with one attached hydrogen (secondary N) is 1. The number of hydrogen-bond donors (Lipinski definition) is 1. The predicted molar refractivity (Wildman–Crippen MR) is 47.3 cm³/mol. The number of fused-ring (bicyclic) bond motifs is 1. The Morgan fingerprint density at radius 2 is 2.43 bits per heavy atom. The summed E-state index contributed by atoms with van der Waals surface area (Å²) in [5.74, 6) is -0.609. The minimum Gasteiger partial charge on any atom is -0.494 e. The number of rotatable bonds is 1. The molecule has 0 saturated heterocycles. The van der Waals surface area contributed by atoms with E-state index in [4.69, 9.17) is 10.00 Å². The Labute approximate surface area is 78.9 Å². The van der Waals surface area contributed by atoms with Crippen molar-refractivity contribution in [2.75, 3.05) is 7.11 Å². The van der Waals surface area contributed by atoms with Gasteiger partial charge in [0.15, 0.2) is 11.6 Å². The van der Waals surface area contributed by atoms with Crippen LogP contribution in [0.4, 0.5) is 4.39 Å². The number of hydrogen-bond acceptors (Lipinski definition) is 3. The summed E-state index contributed by atoms with van der Waals surface area (Å²) in [5, 5.41) is 15.6. The zero-order valence-corrected chi connectivity index (χ0v) is 7.34. The first kappa shape index (κ1) is 8.51. The second-order valence-corrected chi connectivity index (χ2v) is 2.71. The van der Waals surface area contributed by atoms with Crippen molar-refractivity contribution < 1.29 is 9.13 Å². The van der Waals surface area contributed by atoms with E-state index >= 15 is 0 Å².